The highest BCUT2D eigenvalue weighted by Gasteiger charge is 2.44. The number of halogens is 3. The lowest BCUT2D eigenvalue weighted by Gasteiger charge is -2.34. The Labute approximate surface area is 103 Å². The van der Waals surface area contributed by atoms with E-state index < -0.39 is 17.3 Å². The Morgan fingerprint density at radius 1 is 1.17 bits per heavy atom. The summed E-state index contributed by atoms with van der Waals surface area (Å²) in [6.07, 6.45) is -2.58. The average molecular weight is 257 g/mol. The van der Waals surface area contributed by atoms with Gasteiger partial charge in [-0.25, -0.2) is 0 Å². The summed E-state index contributed by atoms with van der Waals surface area (Å²) in [5.74, 6) is -0.301. The summed E-state index contributed by atoms with van der Waals surface area (Å²) in [7, 11) is 0. The van der Waals surface area contributed by atoms with Gasteiger partial charge in [-0.1, -0.05) is 24.6 Å². The lowest BCUT2D eigenvalue weighted by Crippen LogP contribution is -2.48. The second-order valence-corrected chi connectivity index (χ2v) is 4.64. The number of ketones is 1. The van der Waals surface area contributed by atoms with Crippen molar-refractivity contribution in [1.29, 1.82) is 0 Å². The molecule has 0 saturated heterocycles. The van der Waals surface area contributed by atoms with E-state index in [9.17, 15) is 18.0 Å². The first-order chi connectivity index (χ1) is 8.36. The molecule has 0 aromatic heterocycles. The zero-order chi connectivity index (χ0) is 13.4. The van der Waals surface area contributed by atoms with Crippen molar-refractivity contribution in [1.82, 2.24) is 0 Å². The Morgan fingerprint density at radius 3 is 2.44 bits per heavy atom. The van der Waals surface area contributed by atoms with Gasteiger partial charge in [-0.05, 0) is 24.5 Å². The predicted molar refractivity (Wildman–Crippen MR) is 60.8 cm³/mol. The zero-order valence-corrected chi connectivity index (χ0v) is 9.76. The van der Waals surface area contributed by atoms with E-state index >= 15 is 0 Å². The monoisotopic (exact) mass is 257 g/mol. The minimum atomic E-state index is -4.49. The summed E-state index contributed by atoms with van der Waals surface area (Å²) < 4.78 is 38.8. The van der Waals surface area contributed by atoms with Gasteiger partial charge in [0.1, 0.15) is 5.54 Å². The number of benzene rings is 1. The Bertz CT molecular complexity index is 470. The van der Waals surface area contributed by atoms with E-state index in [1.54, 1.807) is 0 Å². The van der Waals surface area contributed by atoms with Crippen molar-refractivity contribution in [2.45, 2.75) is 37.4 Å². The Kier molecular flexibility index (Phi) is 3.19. The van der Waals surface area contributed by atoms with E-state index in [0.29, 0.717) is 12.8 Å². The maximum Gasteiger partial charge on any atom is 0.416 e. The van der Waals surface area contributed by atoms with Crippen molar-refractivity contribution in [2.24, 2.45) is 5.73 Å². The number of hydrogen-bond acceptors (Lipinski definition) is 2. The summed E-state index contributed by atoms with van der Waals surface area (Å²) in [5, 5.41) is 0. The number of rotatable bonds is 1. The van der Waals surface area contributed by atoms with Gasteiger partial charge in [0.2, 0.25) is 0 Å². The summed E-state index contributed by atoms with van der Waals surface area (Å²) in [6.45, 7) is 0. The minimum absolute atomic E-state index is 0.0952. The number of nitrogens with two attached hydrogens (primary N) is 1. The SMILES string of the molecule is N[C@]1(c2ccccc2C(F)(F)F)CCCCC1=O. The molecule has 1 aromatic carbocycles. The van der Waals surface area contributed by atoms with Gasteiger partial charge < -0.3 is 5.73 Å². The lowest BCUT2D eigenvalue weighted by atomic mass is 9.74. The minimum Gasteiger partial charge on any atom is -0.315 e. The fourth-order valence-corrected chi connectivity index (χ4v) is 2.46. The molecule has 1 aliphatic rings. The Balaban J connectivity index is 2.53. The van der Waals surface area contributed by atoms with Gasteiger partial charge in [-0.15, -0.1) is 0 Å². The van der Waals surface area contributed by atoms with Crippen LogP contribution < -0.4 is 5.73 Å². The fraction of sp³-hybridized carbons (Fsp3) is 0.462. The Morgan fingerprint density at radius 2 is 1.83 bits per heavy atom. The van der Waals surface area contributed by atoms with Crippen LogP contribution in [0.2, 0.25) is 0 Å². The van der Waals surface area contributed by atoms with E-state index in [-0.39, 0.29) is 24.2 Å². The van der Waals surface area contributed by atoms with E-state index in [0.717, 1.165) is 6.07 Å². The molecule has 2 nitrogen and oxygen atoms in total. The number of carbonyl (C=O) groups excluding carboxylic acids is 1. The normalized spacial score (nSPS) is 25.2. The molecule has 2 N–H and O–H groups in total. The number of alkyl halides is 3. The van der Waals surface area contributed by atoms with E-state index in [1.165, 1.54) is 18.2 Å². The molecule has 1 atom stereocenters. The summed E-state index contributed by atoms with van der Waals surface area (Å²) in [5.41, 5.74) is 3.59. The molecular weight excluding hydrogens is 243 g/mol. The molecule has 0 aliphatic heterocycles. The second kappa shape index (κ2) is 4.39. The predicted octanol–water partition coefficient (Wildman–Crippen LogP) is 3.00. The van der Waals surface area contributed by atoms with Crippen molar-refractivity contribution in [3.8, 4) is 0 Å². The van der Waals surface area contributed by atoms with Crippen LogP contribution in [0.1, 0.15) is 36.8 Å². The van der Waals surface area contributed by atoms with Crippen molar-refractivity contribution >= 4 is 5.78 Å². The molecule has 2 rings (SSSR count). The van der Waals surface area contributed by atoms with Crippen LogP contribution >= 0.6 is 0 Å². The second-order valence-electron chi connectivity index (χ2n) is 4.64. The fourth-order valence-electron chi connectivity index (χ4n) is 2.46. The van der Waals surface area contributed by atoms with Crippen molar-refractivity contribution in [3.63, 3.8) is 0 Å². The topological polar surface area (TPSA) is 43.1 Å². The number of carbonyl (C=O) groups is 1. The summed E-state index contributed by atoms with van der Waals surface area (Å²) in [4.78, 5) is 11.9. The molecule has 1 fully saturated rings. The number of hydrogen-bond donors (Lipinski definition) is 1. The molecule has 0 radical (unpaired) electrons. The average Bonchev–Trinajstić information content (AvgIpc) is 2.32. The molecule has 18 heavy (non-hydrogen) atoms. The molecule has 0 unspecified atom stereocenters. The lowest BCUT2D eigenvalue weighted by molar-refractivity contribution is -0.139. The van der Waals surface area contributed by atoms with Crippen LogP contribution in [0, 0.1) is 0 Å². The zero-order valence-electron chi connectivity index (χ0n) is 9.76. The molecule has 1 aliphatic carbocycles. The third-order valence-corrected chi connectivity index (χ3v) is 3.44. The summed E-state index contributed by atoms with van der Waals surface area (Å²) in [6, 6.07) is 5.09. The highest BCUT2D eigenvalue weighted by atomic mass is 19.4. The number of Topliss-reactive ketones (excluding diaryl/α,β-unsaturated/α-hetero) is 1. The van der Waals surface area contributed by atoms with Gasteiger partial charge in [-0.2, -0.15) is 13.2 Å². The van der Waals surface area contributed by atoms with Crippen molar-refractivity contribution in [3.05, 3.63) is 35.4 Å². The van der Waals surface area contributed by atoms with E-state index in [4.69, 9.17) is 5.73 Å². The van der Waals surface area contributed by atoms with Gasteiger partial charge in [0, 0.05) is 6.42 Å². The van der Waals surface area contributed by atoms with Crippen LogP contribution in [-0.4, -0.2) is 5.78 Å². The molecule has 0 bridgehead atoms. The van der Waals surface area contributed by atoms with Crippen LogP contribution in [0.15, 0.2) is 24.3 Å². The first kappa shape index (κ1) is 13.1. The molecular formula is C13H14F3NO. The Hall–Kier alpha value is -1.36. The maximum atomic E-state index is 12.9. The smallest absolute Gasteiger partial charge is 0.315 e. The maximum absolute atomic E-state index is 12.9. The standard InChI is InChI=1S/C13H14F3NO/c14-13(15,16)10-6-2-1-5-9(10)12(17)8-4-3-7-11(12)18/h1-2,5-6H,3-4,7-8,17H2/t12-/m0/s1. The van der Waals surface area contributed by atoms with Crippen LogP contribution in [-0.2, 0) is 16.5 Å². The quantitative estimate of drug-likeness (QED) is 0.840. The molecule has 0 spiro atoms. The molecule has 98 valence electrons. The van der Waals surface area contributed by atoms with Gasteiger partial charge in [0.25, 0.3) is 0 Å². The van der Waals surface area contributed by atoms with Crippen LogP contribution in [0.25, 0.3) is 0 Å². The third-order valence-electron chi connectivity index (χ3n) is 3.44. The highest BCUT2D eigenvalue weighted by Crippen LogP contribution is 2.40. The molecule has 5 heteroatoms. The van der Waals surface area contributed by atoms with Gasteiger partial charge in [0.15, 0.2) is 5.78 Å². The van der Waals surface area contributed by atoms with Crippen LogP contribution in [0.3, 0.4) is 0 Å². The molecule has 1 aromatic rings. The van der Waals surface area contributed by atoms with Gasteiger partial charge in [-0.3, -0.25) is 4.79 Å². The van der Waals surface area contributed by atoms with Gasteiger partial charge >= 0.3 is 6.18 Å². The molecule has 0 amide bonds. The first-order valence-electron chi connectivity index (χ1n) is 5.84. The van der Waals surface area contributed by atoms with Crippen LogP contribution in [0.4, 0.5) is 13.2 Å². The molecule has 0 heterocycles. The van der Waals surface area contributed by atoms with E-state index in [1.807, 2.05) is 0 Å². The van der Waals surface area contributed by atoms with Crippen molar-refractivity contribution < 1.29 is 18.0 Å². The summed E-state index contributed by atoms with van der Waals surface area (Å²) >= 11 is 0. The van der Waals surface area contributed by atoms with Crippen LogP contribution in [0.5, 0.6) is 0 Å². The third kappa shape index (κ3) is 2.14. The highest BCUT2D eigenvalue weighted by molar-refractivity contribution is 5.90. The van der Waals surface area contributed by atoms with Gasteiger partial charge in [0.05, 0.1) is 5.56 Å². The first-order valence-corrected chi connectivity index (χ1v) is 5.84. The molecule has 1 saturated carbocycles. The van der Waals surface area contributed by atoms with E-state index in [2.05, 4.69) is 0 Å². The largest absolute Gasteiger partial charge is 0.416 e. The van der Waals surface area contributed by atoms with Crippen molar-refractivity contribution in [2.75, 3.05) is 0 Å².